The summed E-state index contributed by atoms with van der Waals surface area (Å²) in [4.78, 5) is 14.1. The second-order valence-electron chi connectivity index (χ2n) is 6.20. The summed E-state index contributed by atoms with van der Waals surface area (Å²) in [5.41, 5.74) is 0. The summed E-state index contributed by atoms with van der Waals surface area (Å²) in [7, 11) is 0. The summed E-state index contributed by atoms with van der Waals surface area (Å²) in [5, 5.41) is 3.36. The summed E-state index contributed by atoms with van der Waals surface area (Å²) in [6.07, 6.45) is 12.3. The Labute approximate surface area is 137 Å². The van der Waals surface area contributed by atoms with Gasteiger partial charge in [0, 0.05) is 12.8 Å². The highest BCUT2D eigenvalue weighted by atomic mass is 16.8. The Morgan fingerprint density at radius 3 is 2.87 bits per heavy atom. The molecule has 2 unspecified atom stereocenters. The molecule has 23 heavy (non-hydrogen) atoms. The van der Waals surface area contributed by atoms with Gasteiger partial charge in [-0.3, -0.25) is 4.90 Å². The molecule has 2 atom stereocenters. The van der Waals surface area contributed by atoms with Gasteiger partial charge in [0.2, 0.25) is 0 Å². The predicted octanol–water partition coefficient (Wildman–Crippen LogP) is 2.38. The largest absolute Gasteiger partial charge is 0.422 e. The van der Waals surface area contributed by atoms with Crippen LogP contribution in [0.3, 0.4) is 0 Å². The van der Waals surface area contributed by atoms with E-state index in [-0.39, 0.29) is 25.2 Å². The SMILES string of the molecule is O=C(OCOC1CCCCO1)N1C=CC=CC1C1CCNCC1. The molecular weight excluding hydrogens is 296 g/mol. The van der Waals surface area contributed by atoms with Crippen molar-refractivity contribution in [3.05, 3.63) is 24.4 Å². The van der Waals surface area contributed by atoms with Gasteiger partial charge in [0.15, 0.2) is 13.1 Å². The van der Waals surface area contributed by atoms with Crippen LogP contribution in [0, 0.1) is 5.92 Å². The monoisotopic (exact) mass is 322 g/mol. The average molecular weight is 322 g/mol. The predicted molar refractivity (Wildman–Crippen MR) is 85.5 cm³/mol. The number of nitrogens with one attached hydrogen (secondary N) is 1. The number of carbonyl (C=O) groups is 1. The molecule has 3 aliphatic heterocycles. The molecule has 1 N–H and O–H groups in total. The van der Waals surface area contributed by atoms with Gasteiger partial charge in [0.05, 0.1) is 6.04 Å². The minimum absolute atomic E-state index is 0.0590. The van der Waals surface area contributed by atoms with Gasteiger partial charge in [-0.15, -0.1) is 0 Å². The third-order valence-electron chi connectivity index (χ3n) is 4.64. The number of amides is 1. The van der Waals surface area contributed by atoms with Crippen LogP contribution in [0.5, 0.6) is 0 Å². The van der Waals surface area contributed by atoms with Crippen LogP contribution in [0.4, 0.5) is 4.79 Å². The fraction of sp³-hybridized carbons (Fsp3) is 0.706. The fourth-order valence-electron chi connectivity index (χ4n) is 3.34. The van der Waals surface area contributed by atoms with Crippen molar-refractivity contribution in [1.82, 2.24) is 10.2 Å². The molecule has 6 nitrogen and oxygen atoms in total. The molecule has 6 heteroatoms. The highest BCUT2D eigenvalue weighted by Crippen LogP contribution is 2.25. The maximum absolute atomic E-state index is 12.4. The molecule has 0 aromatic carbocycles. The first-order valence-corrected chi connectivity index (χ1v) is 8.58. The Morgan fingerprint density at radius 1 is 1.22 bits per heavy atom. The van der Waals surface area contributed by atoms with Gasteiger partial charge in [-0.05, 0) is 57.2 Å². The molecule has 0 aliphatic carbocycles. The molecule has 1 amide bonds. The third-order valence-corrected chi connectivity index (χ3v) is 4.64. The molecule has 0 bridgehead atoms. The first-order valence-electron chi connectivity index (χ1n) is 8.58. The van der Waals surface area contributed by atoms with E-state index in [1.165, 1.54) is 0 Å². The van der Waals surface area contributed by atoms with E-state index in [0.29, 0.717) is 5.92 Å². The van der Waals surface area contributed by atoms with Gasteiger partial charge in [0.25, 0.3) is 0 Å². The van der Waals surface area contributed by atoms with Gasteiger partial charge in [-0.1, -0.05) is 12.2 Å². The lowest BCUT2D eigenvalue weighted by Gasteiger charge is -2.36. The van der Waals surface area contributed by atoms with E-state index in [9.17, 15) is 4.79 Å². The minimum Gasteiger partial charge on any atom is -0.422 e. The van der Waals surface area contributed by atoms with Gasteiger partial charge >= 0.3 is 6.09 Å². The number of hydrogen-bond donors (Lipinski definition) is 1. The summed E-state index contributed by atoms with van der Waals surface area (Å²) in [5.74, 6) is 0.465. The number of piperidine rings is 1. The molecule has 2 saturated heterocycles. The second kappa shape index (κ2) is 8.47. The first-order chi connectivity index (χ1) is 11.3. The van der Waals surface area contributed by atoms with Crippen molar-refractivity contribution >= 4 is 6.09 Å². The van der Waals surface area contributed by atoms with Gasteiger partial charge < -0.3 is 19.5 Å². The summed E-state index contributed by atoms with van der Waals surface area (Å²) in [6, 6.07) is 0.0699. The first kappa shape index (κ1) is 16.5. The number of hydrogen-bond acceptors (Lipinski definition) is 5. The zero-order chi connectivity index (χ0) is 15.9. The Hall–Kier alpha value is -1.37. The van der Waals surface area contributed by atoms with Crippen molar-refractivity contribution in [3.63, 3.8) is 0 Å². The van der Waals surface area contributed by atoms with Crippen LogP contribution in [0.15, 0.2) is 24.4 Å². The Kier molecular flexibility index (Phi) is 6.07. The van der Waals surface area contributed by atoms with Crippen molar-refractivity contribution < 1.29 is 19.0 Å². The molecule has 2 fully saturated rings. The topological polar surface area (TPSA) is 60.0 Å². The lowest BCUT2D eigenvalue weighted by Crippen LogP contribution is -2.45. The zero-order valence-electron chi connectivity index (χ0n) is 13.5. The van der Waals surface area contributed by atoms with Crippen LogP contribution in [0.2, 0.25) is 0 Å². The van der Waals surface area contributed by atoms with Crippen molar-refractivity contribution in [3.8, 4) is 0 Å². The van der Waals surface area contributed by atoms with E-state index in [1.807, 2.05) is 12.2 Å². The summed E-state index contributed by atoms with van der Waals surface area (Å²) >= 11 is 0. The van der Waals surface area contributed by atoms with E-state index in [2.05, 4.69) is 11.4 Å². The standard InChI is InChI=1S/C17H26N2O4/c20-17(23-13-22-16-6-2-4-12-21-16)19-11-3-1-5-15(19)14-7-9-18-10-8-14/h1,3,5,11,14-16,18H,2,4,6-10,12-13H2. The lowest BCUT2D eigenvalue weighted by molar-refractivity contribution is -0.197. The van der Waals surface area contributed by atoms with Gasteiger partial charge in [0.1, 0.15) is 0 Å². The van der Waals surface area contributed by atoms with Gasteiger partial charge in [-0.2, -0.15) is 0 Å². The minimum atomic E-state index is -0.357. The molecule has 0 aromatic heterocycles. The molecule has 0 saturated carbocycles. The summed E-state index contributed by atoms with van der Waals surface area (Å²) in [6.45, 7) is 2.67. The normalized spacial score (nSPS) is 28.8. The smallest absolute Gasteiger partial charge is 0.416 e. The van der Waals surface area contributed by atoms with E-state index in [1.54, 1.807) is 11.1 Å². The van der Waals surface area contributed by atoms with Crippen LogP contribution in [0.25, 0.3) is 0 Å². The van der Waals surface area contributed by atoms with Crippen molar-refractivity contribution in [1.29, 1.82) is 0 Å². The molecule has 0 aromatic rings. The number of carbonyl (C=O) groups excluding carboxylic acids is 1. The maximum Gasteiger partial charge on any atom is 0.416 e. The highest BCUT2D eigenvalue weighted by molar-refractivity contribution is 5.70. The molecular formula is C17H26N2O4. The molecule has 0 radical (unpaired) electrons. The van der Waals surface area contributed by atoms with E-state index < -0.39 is 0 Å². The molecule has 3 heterocycles. The Morgan fingerprint density at radius 2 is 2.09 bits per heavy atom. The number of allylic oxidation sites excluding steroid dienone is 2. The summed E-state index contributed by atoms with van der Waals surface area (Å²) < 4.78 is 16.2. The van der Waals surface area contributed by atoms with Crippen LogP contribution in [-0.2, 0) is 14.2 Å². The van der Waals surface area contributed by atoms with E-state index in [4.69, 9.17) is 14.2 Å². The quantitative estimate of drug-likeness (QED) is 0.805. The second-order valence-corrected chi connectivity index (χ2v) is 6.20. The molecule has 128 valence electrons. The van der Waals surface area contributed by atoms with Crippen molar-refractivity contribution in [2.24, 2.45) is 5.92 Å². The lowest BCUT2D eigenvalue weighted by atomic mass is 9.88. The van der Waals surface area contributed by atoms with Crippen LogP contribution in [0.1, 0.15) is 32.1 Å². The zero-order valence-corrected chi connectivity index (χ0v) is 13.5. The number of rotatable bonds is 4. The van der Waals surface area contributed by atoms with Crippen LogP contribution >= 0.6 is 0 Å². The molecule has 3 rings (SSSR count). The fourth-order valence-corrected chi connectivity index (χ4v) is 3.34. The Balaban J connectivity index is 1.48. The average Bonchev–Trinajstić information content (AvgIpc) is 2.63. The van der Waals surface area contributed by atoms with E-state index in [0.717, 1.165) is 51.8 Å². The van der Waals surface area contributed by atoms with Crippen LogP contribution in [-0.4, -0.2) is 49.8 Å². The molecule has 3 aliphatic rings. The van der Waals surface area contributed by atoms with Crippen molar-refractivity contribution in [2.75, 3.05) is 26.5 Å². The molecule has 0 spiro atoms. The maximum atomic E-state index is 12.4. The van der Waals surface area contributed by atoms with Gasteiger partial charge in [-0.25, -0.2) is 4.79 Å². The number of ether oxygens (including phenoxy) is 3. The number of nitrogens with zero attached hydrogens (tertiary/aromatic N) is 1. The third kappa shape index (κ3) is 4.56. The van der Waals surface area contributed by atoms with Crippen molar-refractivity contribution in [2.45, 2.75) is 44.4 Å². The van der Waals surface area contributed by atoms with Crippen LogP contribution < -0.4 is 5.32 Å². The highest BCUT2D eigenvalue weighted by Gasteiger charge is 2.30. The Bertz CT molecular complexity index is 440. The van der Waals surface area contributed by atoms with E-state index >= 15 is 0 Å².